The molecule has 0 aromatic heterocycles. The molecular weight excluding hydrogens is 326 g/mol. The van der Waals surface area contributed by atoms with E-state index in [-0.39, 0.29) is 6.54 Å². The smallest absolute Gasteiger partial charge is 0.323 e. The van der Waals surface area contributed by atoms with Crippen LogP contribution in [-0.2, 0) is 4.79 Å². The average molecular weight is 338 g/mol. The molecule has 0 spiro atoms. The lowest BCUT2D eigenvalue weighted by Gasteiger charge is -2.19. The van der Waals surface area contributed by atoms with Crippen molar-refractivity contribution in [2.45, 2.75) is 0 Å². The summed E-state index contributed by atoms with van der Waals surface area (Å²) in [5, 5.41) is 10.9. The number of benzene rings is 2. The molecule has 0 saturated carbocycles. The second-order valence-electron chi connectivity index (χ2n) is 4.23. The zero-order valence-electron chi connectivity index (χ0n) is 10.3. The zero-order valence-corrected chi connectivity index (χ0v) is 12.7. The number of nitrogens with zero attached hydrogens (tertiary/aromatic N) is 1. The summed E-state index contributed by atoms with van der Waals surface area (Å²) in [7, 11) is 1.69. The highest BCUT2D eigenvalue weighted by Gasteiger charge is 2.13. The maximum absolute atomic E-state index is 10.7. The van der Waals surface area contributed by atoms with Crippen molar-refractivity contribution in [3.05, 3.63) is 46.4 Å². The van der Waals surface area contributed by atoms with Gasteiger partial charge in [0.05, 0.1) is 0 Å². The van der Waals surface area contributed by atoms with E-state index in [1.54, 1.807) is 11.9 Å². The summed E-state index contributed by atoms with van der Waals surface area (Å²) in [6.07, 6.45) is 0. The van der Waals surface area contributed by atoms with E-state index in [4.69, 9.17) is 17.3 Å². The molecule has 2 aromatic carbocycles. The predicted octanol–water partition coefficient (Wildman–Crippen LogP) is 3.29. The average Bonchev–Trinajstić information content (AvgIpc) is 2.36. The minimum atomic E-state index is -0.896. The second-order valence-corrected chi connectivity index (χ2v) is 5.53. The first-order valence-electron chi connectivity index (χ1n) is 5.64. The van der Waals surface area contributed by atoms with Crippen LogP contribution in [0.3, 0.4) is 0 Å². The van der Waals surface area contributed by atoms with E-state index in [2.05, 4.69) is 15.9 Å². The Bertz CT molecular complexity index is 657. The molecule has 0 unspecified atom stereocenters. The minimum Gasteiger partial charge on any atom is -0.480 e. The first-order valence-corrected chi connectivity index (χ1v) is 6.84. The lowest BCUT2D eigenvalue weighted by molar-refractivity contribution is -0.137. The number of hydrogen-bond acceptors (Lipinski definition) is 2. The van der Waals surface area contributed by atoms with Gasteiger partial charge >= 0.3 is 5.97 Å². The molecule has 0 radical (unpaired) electrons. The SMILES string of the molecule is CN(CC(=O)O)C(=S)c1cccc2cc(Br)ccc12. The van der Waals surface area contributed by atoms with Gasteiger partial charge in [0, 0.05) is 17.1 Å². The summed E-state index contributed by atoms with van der Waals surface area (Å²) in [6.45, 7) is -0.105. The van der Waals surface area contributed by atoms with E-state index in [0.717, 1.165) is 20.8 Å². The fourth-order valence-corrected chi connectivity index (χ4v) is 2.54. The number of carbonyl (C=O) groups is 1. The fourth-order valence-electron chi connectivity index (χ4n) is 1.92. The Morgan fingerprint density at radius 2 is 2.11 bits per heavy atom. The van der Waals surface area contributed by atoms with Crippen LogP contribution in [0.1, 0.15) is 5.56 Å². The Balaban J connectivity index is 2.45. The summed E-state index contributed by atoms with van der Waals surface area (Å²) in [5.74, 6) is -0.896. The van der Waals surface area contributed by atoms with E-state index >= 15 is 0 Å². The highest BCUT2D eigenvalue weighted by molar-refractivity contribution is 9.10. The highest BCUT2D eigenvalue weighted by atomic mass is 79.9. The quantitative estimate of drug-likeness (QED) is 0.872. The van der Waals surface area contributed by atoms with Crippen molar-refractivity contribution in [2.24, 2.45) is 0 Å². The Morgan fingerprint density at radius 1 is 1.37 bits per heavy atom. The van der Waals surface area contributed by atoms with Crippen molar-refractivity contribution >= 4 is 49.9 Å². The number of thiocarbonyl (C=S) groups is 1. The van der Waals surface area contributed by atoms with Gasteiger partial charge in [-0.1, -0.05) is 52.4 Å². The molecule has 2 rings (SSSR count). The summed E-state index contributed by atoms with van der Waals surface area (Å²) in [5.41, 5.74) is 0.878. The third-order valence-corrected chi connectivity index (χ3v) is 3.82. The molecular formula is C14H12BrNO2S. The maximum Gasteiger partial charge on any atom is 0.323 e. The van der Waals surface area contributed by atoms with Gasteiger partial charge in [-0.3, -0.25) is 4.79 Å². The van der Waals surface area contributed by atoms with Crippen LogP contribution in [0.15, 0.2) is 40.9 Å². The molecule has 3 nitrogen and oxygen atoms in total. The van der Waals surface area contributed by atoms with E-state index in [1.165, 1.54) is 0 Å². The van der Waals surface area contributed by atoms with Crippen LogP contribution in [0.5, 0.6) is 0 Å². The minimum absolute atomic E-state index is 0.105. The normalized spacial score (nSPS) is 10.4. The lowest BCUT2D eigenvalue weighted by Crippen LogP contribution is -2.31. The number of fused-ring (bicyclic) bond motifs is 1. The molecule has 0 heterocycles. The third kappa shape index (κ3) is 3.11. The number of likely N-dealkylation sites (N-methyl/N-ethyl adjacent to an activating group) is 1. The van der Waals surface area contributed by atoms with Gasteiger partial charge < -0.3 is 10.0 Å². The molecule has 0 amide bonds. The van der Waals surface area contributed by atoms with Crippen LogP contribution >= 0.6 is 28.1 Å². The van der Waals surface area contributed by atoms with Crippen LogP contribution in [0.2, 0.25) is 0 Å². The molecule has 1 N–H and O–H groups in total. The molecule has 5 heteroatoms. The molecule has 0 aliphatic carbocycles. The Kier molecular flexibility index (Phi) is 4.17. The van der Waals surface area contributed by atoms with Crippen LogP contribution in [-0.4, -0.2) is 34.6 Å². The summed E-state index contributed by atoms with van der Waals surface area (Å²) >= 11 is 8.81. The largest absolute Gasteiger partial charge is 0.480 e. The van der Waals surface area contributed by atoms with E-state index < -0.39 is 5.97 Å². The third-order valence-electron chi connectivity index (χ3n) is 2.79. The van der Waals surface area contributed by atoms with Crippen molar-refractivity contribution in [2.75, 3.05) is 13.6 Å². The monoisotopic (exact) mass is 337 g/mol. The van der Waals surface area contributed by atoms with Crippen LogP contribution in [0, 0.1) is 0 Å². The maximum atomic E-state index is 10.7. The van der Waals surface area contributed by atoms with Gasteiger partial charge in [-0.2, -0.15) is 0 Å². The van der Waals surface area contributed by atoms with E-state index in [1.807, 2.05) is 36.4 Å². The summed E-state index contributed by atoms with van der Waals surface area (Å²) in [4.78, 5) is 12.8. The highest BCUT2D eigenvalue weighted by Crippen LogP contribution is 2.24. The number of rotatable bonds is 3. The van der Waals surface area contributed by atoms with E-state index in [0.29, 0.717) is 4.99 Å². The molecule has 0 atom stereocenters. The molecule has 0 saturated heterocycles. The molecule has 98 valence electrons. The molecule has 0 aliphatic rings. The molecule has 19 heavy (non-hydrogen) atoms. The van der Waals surface area contributed by atoms with Crippen molar-refractivity contribution in [1.29, 1.82) is 0 Å². The molecule has 0 aliphatic heterocycles. The first-order chi connectivity index (χ1) is 8.99. The van der Waals surface area contributed by atoms with Crippen molar-refractivity contribution in [3.63, 3.8) is 0 Å². The molecule has 0 fully saturated rings. The first kappa shape index (κ1) is 14.0. The van der Waals surface area contributed by atoms with Gasteiger partial charge in [-0.05, 0) is 22.9 Å². The lowest BCUT2D eigenvalue weighted by atomic mass is 10.0. The van der Waals surface area contributed by atoms with Gasteiger partial charge in [-0.15, -0.1) is 0 Å². The Morgan fingerprint density at radius 3 is 2.79 bits per heavy atom. The van der Waals surface area contributed by atoms with Crippen LogP contribution < -0.4 is 0 Å². The number of aliphatic carboxylic acids is 1. The van der Waals surface area contributed by atoms with Gasteiger partial charge in [0.1, 0.15) is 11.5 Å². The van der Waals surface area contributed by atoms with Crippen molar-refractivity contribution in [1.82, 2.24) is 4.90 Å². The standard InChI is InChI=1S/C14H12BrNO2S/c1-16(8-13(17)18)14(19)12-4-2-3-9-7-10(15)5-6-11(9)12/h2-7H,8H2,1H3,(H,17,18). The predicted molar refractivity (Wildman–Crippen MR) is 83.6 cm³/mol. The van der Waals surface area contributed by atoms with Gasteiger partial charge in [0.2, 0.25) is 0 Å². The van der Waals surface area contributed by atoms with Crippen LogP contribution in [0.25, 0.3) is 10.8 Å². The Labute approximate surface area is 125 Å². The Hall–Kier alpha value is -1.46. The van der Waals surface area contributed by atoms with Crippen molar-refractivity contribution < 1.29 is 9.90 Å². The number of carboxylic acids is 1. The van der Waals surface area contributed by atoms with Crippen molar-refractivity contribution in [3.8, 4) is 0 Å². The molecule has 2 aromatic rings. The summed E-state index contributed by atoms with van der Waals surface area (Å²) in [6, 6.07) is 11.8. The topological polar surface area (TPSA) is 40.5 Å². The van der Waals surface area contributed by atoms with Crippen LogP contribution in [0.4, 0.5) is 0 Å². The summed E-state index contributed by atoms with van der Waals surface area (Å²) < 4.78 is 1.00. The second kappa shape index (κ2) is 5.67. The fraction of sp³-hybridized carbons (Fsp3) is 0.143. The number of halogens is 1. The van der Waals surface area contributed by atoms with E-state index in [9.17, 15) is 4.79 Å². The van der Waals surface area contributed by atoms with Gasteiger partial charge in [0.15, 0.2) is 0 Å². The van der Waals surface area contributed by atoms with Gasteiger partial charge in [-0.25, -0.2) is 0 Å². The molecule has 0 bridgehead atoms. The van der Waals surface area contributed by atoms with Gasteiger partial charge in [0.25, 0.3) is 0 Å². The number of carboxylic acid groups (broad SMARTS) is 1. The number of hydrogen-bond donors (Lipinski definition) is 1. The zero-order chi connectivity index (χ0) is 14.0.